The minimum Gasteiger partial charge on any atom is -0.289 e. The van der Waals surface area contributed by atoms with Crippen LogP contribution in [0.2, 0.25) is 0 Å². The zero-order valence-electron chi connectivity index (χ0n) is 31.8. The van der Waals surface area contributed by atoms with Gasteiger partial charge >= 0.3 is 0 Å². The lowest BCUT2D eigenvalue weighted by Gasteiger charge is -2.44. The SMILES string of the molecule is Cc1ccc(C)c([S+](C)CC(=O)c2ccccc2)c1.Fc1c(F)c(F)c([B-](c2c(F)c(F)c(F)c(F)c2F)(c2c(F)c(F)c(F)c(F)c2F)c2c(F)c(F)c(F)c(F)c2F)c(F)c1F. The number of carbonyl (C=O) groups excluding carboxylic acids is 1. The van der Waals surface area contributed by atoms with Gasteiger partial charge in [0.1, 0.15) is 58.9 Å². The maximum atomic E-state index is 15.4. The topological polar surface area (TPSA) is 17.1 Å². The standard InChI is InChI=1S/C24BF20.C17H19OS/c26-5-1(6(27)14(35)21(42)13(5)34)25(2-7(28)15(36)22(43)16(37)8(2)29,3-9(30)17(38)23(44)18(39)10(3)31)4-11(32)19(40)24(45)20(41)12(4)33;1-13-9-10-14(2)17(11-13)19(3)12-16(18)15-7-5-4-6-8-15/h;4-11H,12H2,1-3H3/q-1;+1. The van der Waals surface area contributed by atoms with Gasteiger partial charge in [0, 0.05) is 22.0 Å². The maximum Gasteiger partial charge on any atom is 0.212 e. The third-order valence-electron chi connectivity index (χ3n) is 9.87. The van der Waals surface area contributed by atoms with Crippen LogP contribution in [0.3, 0.4) is 0 Å². The third-order valence-corrected chi connectivity index (χ3v) is 11.8. The van der Waals surface area contributed by atoms with Crippen LogP contribution in [0.5, 0.6) is 0 Å². The van der Waals surface area contributed by atoms with Crippen LogP contribution in [-0.4, -0.2) is 23.9 Å². The fourth-order valence-electron chi connectivity index (χ4n) is 6.94. The summed E-state index contributed by atoms with van der Waals surface area (Å²) in [5.74, 6) is -70.6. The Morgan fingerprint density at radius 1 is 0.406 bits per heavy atom. The van der Waals surface area contributed by atoms with E-state index in [0.29, 0.717) is 5.75 Å². The van der Waals surface area contributed by atoms with Crippen LogP contribution >= 0.6 is 0 Å². The molecule has 1 atom stereocenters. The number of halogens is 20. The van der Waals surface area contributed by atoms with E-state index in [0.717, 1.165) is 5.56 Å². The number of carbonyl (C=O) groups is 1. The first-order valence-corrected chi connectivity index (χ1v) is 19.1. The largest absolute Gasteiger partial charge is 0.289 e. The number of benzene rings is 6. The lowest BCUT2D eigenvalue weighted by molar-refractivity contribution is 0.102. The maximum absolute atomic E-state index is 15.4. The Bertz CT molecular complexity index is 2490. The van der Waals surface area contributed by atoms with Gasteiger partial charge in [0.15, 0.2) is 80.5 Å². The van der Waals surface area contributed by atoms with Gasteiger partial charge in [0.25, 0.3) is 0 Å². The molecule has 0 spiro atoms. The van der Waals surface area contributed by atoms with Crippen LogP contribution in [0, 0.1) is 130 Å². The second-order valence-electron chi connectivity index (χ2n) is 13.6. The molecule has 0 heterocycles. The van der Waals surface area contributed by atoms with E-state index in [4.69, 9.17) is 0 Å². The van der Waals surface area contributed by atoms with Crippen molar-refractivity contribution in [1.82, 2.24) is 0 Å². The average Bonchev–Trinajstić information content (AvgIpc) is 3.27. The number of hydrogen-bond acceptors (Lipinski definition) is 1. The van der Waals surface area contributed by atoms with Crippen molar-refractivity contribution in [3.05, 3.63) is 182 Å². The van der Waals surface area contributed by atoms with Crippen molar-refractivity contribution in [2.24, 2.45) is 0 Å². The fourth-order valence-corrected chi connectivity index (χ4v) is 8.66. The second-order valence-corrected chi connectivity index (χ2v) is 15.6. The number of rotatable bonds is 8. The summed E-state index contributed by atoms with van der Waals surface area (Å²) in [4.78, 5) is 13.5. The highest BCUT2D eigenvalue weighted by molar-refractivity contribution is 7.97. The first-order chi connectivity index (χ1) is 29.8. The van der Waals surface area contributed by atoms with Gasteiger partial charge in [-0.3, -0.25) is 4.79 Å². The molecule has 0 saturated carbocycles. The Labute approximate surface area is 349 Å². The molecule has 0 N–H and O–H groups in total. The van der Waals surface area contributed by atoms with Gasteiger partial charge in [-0.25, -0.2) is 87.8 Å². The van der Waals surface area contributed by atoms with E-state index in [1.165, 1.54) is 16.0 Å². The van der Waals surface area contributed by atoms with Crippen molar-refractivity contribution >= 4 is 44.7 Å². The predicted molar refractivity (Wildman–Crippen MR) is 192 cm³/mol. The van der Waals surface area contributed by atoms with Crippen molar-refractivity contribution in [3.63, 3.8) is 0 Å². The molecule has 0 aliphatic heterocycles. The lowest BCUT2D eigenvalue weighted by atomic mass is 9.12. The van der Waals surface area contributed by atoms with Crippen LogP contribution in [0.15, 0.2) is 53.4 Å². The number of aryl methyl sites for hydroxylation is 2. The van der Waals surface area contributed by atoms with Crippen LogP contribution in [0.1, 0.15) is 21.5 Å². The number of hydrogen-bond donors (Lipinski definition) is 0. The van der Waals surface area contributed by atoms with E-state index in [9.17, 15) is 57.5 Å². The second kappa shape index (κ2) is 18.2. The zero-order valence-corrected chi connectivity index (χ0v) is 32.6. The fraction of sp³-hybridized carbons (Fsp3) is 0.0976. The van der Waals surface area contributed by atoms with Crippen molar-refractivity contribution in [2.45, 2.75) is 18.7 Å². The molecule has 0 aliphatic rings. The lowest BCUT2D eigenvalue weighted by Crippen LogP contribution is -2.81. The molecular weight excluding hydrogens is 931 g/mol. The van der Waals surface area contributed by atoms with Crippen LogP contribution in [0.4, 0.5) is 87.8 Å². The molecule has 338 valence electrons. The highest BCUT2D eigenvalue weighted by Gasteiger charge is 2.52. The summed E-state index contributed by atoms with van der Waals surface area (Å²) in [6.45, 7) is 4.21. The van der Waals surface area contributed by atoms with Crippen molar-refractivity contribution in [2.75, 3.05) is 12.0 Å². The number of Topliss-reactive ketones (excluding diaryl/α,β-unsaturated/α-hetero) is 1. The van der Waals surface area contributed by atoms with E-state index < -0.39 is 144 Å². The summed E-state index contributed by atoms with van der Waals surface area (Å²) in [5, 5.41) is 0. The first kappa shape index (κ1) is 49.0. The summed E-state index contributed by atoms with van der Waals surface area (Å²) in [6, 6.07) is 16.0. The molecule has 0 radical (unpaired) electrons. The summed E-state index contributed by atoms with van der Waals surface area (Å²) in [7, 11) is -0.0354. The summed E-state index contributed by atoms with van der Waals surface area (Å²) in [6.07, 6.45) is -5.06. The molecule has 6 rings (SSSR count). The highest BCUT2D eigenvalue weighted by atomic mass is 32.2. The molecule has 6 aromatic rings. The normalized spacial score (nSPS) is 12.0. The minimum absolute atomic E-state index is 0.0354. The highest BCUT2D eigenvalue weighted by Crippen LogP contribution is 2.31. The summed E-state index contributed by atoms with van der Waals surface area (Å²) >= 11 is 0. The molecule has 0 bridgehead atoms. The van der Waals surface area contributed by atoms with E-state index in [1.54, 1.807) is 0 Å². The number of ketones is 1. The zero-order chi connectivity index (χ0) is 48.2. The molecular formula is C41H19BF20OS. The van der Waals surface area contributed by atoms with E-state index in [2.05, 4.69) is 38.3 Å². The quantitative estimate of drug-likeness (QED) is 0.0371. The molecule has 0 aliphatic carbocycles. The summed E-state index contributed by atoms with van der Waals surface area (Å²) in [5.41, 5.74) is -11.0. The predicted octanol–water partition coefficient (Wildman–Crippen LogP) is 9.64. The monoisotopic (exact) mass is 950 g/mol. The van der Waals surface area contributed by atoms with Crippen molar-refractivity contribution < 1.29 is 92.6 Å². The molecule has 0 amide bonds. The average molecular weight is 950 g/mol. The Morgan fingerprint density at radius 3 is 0.953 bits per heavy atom. The molecule has 0 aromatic heterocycles. The van der Waals surface area contributed by atoms with Crippen LogP contribution in [-0.2, 0) is 10.9 Å². The van der Waals surface area contributed by atoms with Gasteiger partial charge in [-0.1, -0.05) is 42.5 Å². The molecule has 1 nitrogen and oxygen atoms in total. The van der Waals surface area contributed by atoms with E-state index in [1.807, 2.05) is 30.3 Å². The van der Waals surface area contributed by atoms with Gasteiger partial charge in [0.2, 0.25) is 5.78 Å². The smallest absolute Gasteiger partial charge is 0.212 e. The molecule has 1 unspecified atom stereocenters. The summed E-state index contributed by atoms with van der Waals surface area (Å²) < 4.78 is 294. The minimum atomic E-state index is -7.22. The van der Waals surface area contributed by atoms with Gasteiger partial charge < -0.3 is 0 Å². The van der Waals surface area contributed by atoms with Gasteiger partial charge in [-0.15, -0.1) is 21.9 Å². The third kappa shape index (κ3) is 7.84. The van der Waals surface area contributed by atoms with Crippen LogP contribution in [0.25, 0.3) is 0 Å². The molecule has 0 fully saturated rings. The van der Waals surface area contributed by atoms with Crippen molar-refractivity contribution in [3.8, 4) is 0 Å². The molecule has 23 heteroatoms. The van der Waals surface area contributed by atoms with Gasteiger partial charge in [0.05, 0.1) is 0 Å². The van der Waals surface area contributed by atoms with Crippen molar-refractivity contribution in [1.29, 1.82) is 0 Å². The Hall–Kier alpha value is -6.00. The Kier molecular flexibility index (Phi) is 14.0. The van der Waals surface area contributed by atoms with E-state index in [-0.39, 0.29) is 16.7 Å². The first-order valence-electron chi connectivity index (χ1n) is 17.3. The van der Waals surface area contributed by atoms with E-state index >= 15 is 35.1 Å². The van der Waals surface area contributed by atoms with Gasteiger partial charge in [-0.2, -0.15) is 0 Å². The van der Waals surface area contributed by atoms with Crippen LogP contribution < -0.4 is 21.9 Å². The Balaban J connectivity index is 0.000000337. The molecule has 0 saturated heterocycles. The molecule has 6 aromatic carbocycles. The Morgan fingerprint density at radius 2 is 0.672 bits per heavy atom. The molecule has 64 heavy (non-hydrogen) atoms. The van der Waals surface area contributed by atoms with Gasteiger partial charge in [-0.05, 0) is 25.5 Å².